The largest absolute Gasteiger partial charge is 0.348 e. The van der Waals surface area contributed by atoms with E-state index >= 15 is 0 Å². The number of hydrogen-bond acceptors (Lipinski definition) is 3. The maximum absolute atomic E-state index is 12.5. The lowest BCUT2D eigenvalue weighted by Crippen LogP contribution is -2.56. The maximum atomic E-state index is 12.5. The zero-order valence-electron chi connectivity index (χ0n) is 16.1. The highest BCUT2D eigenvalue weighted by atomic mass is 16.2. The van der Waals surface area contributed by atoms with Crippen LogP contribution in [0.4, 0.5) is 0 Å². The fraction of sp³-hybridized carbons (Fsp3) is 0.571. The van der Waals surface area contributed by atoms with E-state index in [4.69, 9.17) is 0 Å². The Kier molecular flexibility index (Phi) is 6.14. The molecule has 3 rings (SSSR count). The van der Waals surface area contributed by atoms with Gasteiger partial charge in [-0.25, -0.2) is 0 Å². The van der Waals surface area contributed by atoms with E-state index in [0.29, 0.717) is 39.1 Å². The molecule has 2 saturated heterocycles. The lowest BCUT2D eigenvalue weighted by Gasteiger charge is -2.48. The van der Waals surface area contributed by atoms with Gasteiger partial charge in [-0.2, -0.15) is 0 Å². The fourth-order valence-corrected chi connectivity index (χ4v) is 4.22. The van der Waals surface area contributed by atoms with E-state index in [2.05, 4.69) is 5.32 Å². The van der Waals surface area contributed by atoms with Crippen LogP contribution in [0.1, 0.15) is 44.6 Å². The van der Waals surface area contributed by atoms with Gasteiger partial charge in [0, 0.05) is 44.6 Å². The lowest BCUT2D eigenvalue weighted by molar-refractivity contribution is -0.151. The summed E-state index contributed by atoms with van der Waals surface area (Å²) in [6.45, 7) is 4.91. The first-order chi connectivity index (χ1) is 13.0. The first-order valence-corrected chi connectivity index (χ1v) is 9.92. The highest BCUT2D eigenvalue weighted by molar-refractivity contribution is 6.35. The number of nitrogens with one attached hydrogen (secondary N) is 1. The second-order valence-electron chi connectivity index (χ2n) is 7.82. The third kappa shape index (κ3) is 4.67. The Morgan fingerprint density at radius 3 is 2.67 bits per heavy atom. The Hall–Kier alpha value is -2.37. The molecular weight excluding hydrogens is 342 g/mol. The minimum atomic E-state index is -0.512. The number of benzene rings is 1. The molecule has 3 amide bonds. The van der Waals surface area contributed by atoms with Crippen molar-refractivity contribution in [1.82, 2.24) is 15.1 Å². The molecule has 27 heavy (non-hydrogen) atoms. The van der Waals surface area contributed by atoms with Crippen molar-refractivity contribution in [2.75, 3.05) is 26.2 Å². The standard InChI is InChI=1S/C21H29N3O3/c1-2-12-22-19(26)20(27)23-13-6-10-21(15-23)11-9-18(25)24(16-21)14-17-7-4-3-5-8-17/h3-5,7-8H,2,6,9-16H2,1H3,(H,22,26)/t21-/m0/s1. The van der Waals surface area contributed by atoms with E-state index in [1.807, 2.05) is 42.2 Å². The van der Waals surface area contributed by atoms with Crippen molar-refractivity contribution in [1.29, 1.82) is 0 Å². The van der Waals surface area contributed by atoms with E-state index in [1.54, 1.807) is 4.90 Å². The van der Waals surface area contributed by atoms with Gasteiger partial charge in [-0.15, -0.1) is 0 Å². The molecule has 6 heteroatoms. The minimum absolute atomic E-state index is 0.0956. The van der Waals surface area contributed by atoms with Gasteiger partial charge in [0.2, 0.25) is 5.91 Å². The molecule has 2 aliphatic rings. The molecule has 146 valence electrons. The van der Waals surface area contributed by atoms with Crippen LogP contribution in [0.25, 0.3) is 0 Å². The van der Waals surface area contributed by atoms with E-state index in [-0.39, 0.29) is 11.3 Å². The van der Waals surface area contributed by atoms with Gasteiger partial charge in [0.15, 0.2) is 0 Å². The summed E-state index contributed by atoms with van der Waals surface area (Å²) in [5.74, 6) is -0.774. The zero-order chi connectivity index (χ0) is 19.3. The lowest BCUT2D eigenvalue weighted by atomic mass is 9.73. The Morgan fingerprint density at radius 2 is 1.93 bits per heavy atom. The Morgan fingerprint density at radius 1 is 1.15 bits per heavy atom. The average Bonchev–Trinajstić information content (AvgIpc) is 2.69. The minimum Gasteiger partial charge on any atom is -0.348 e. The van der Waals surface area contributed by atoms with Crippen LogP contribution in [0.3, 0.4) is 0 Å². The molecule has 0 unspecified atom stereocenters. The van der Waals surface area contributed by atoms with Crippen LogP contribution in [0.5, 0.6) is 0 Å². The van der Waals surface area contributed by atoms with Gasteiger partial charge < -0.3 is 15.1 Å². The van der Waals surface area contributed by atoms with Gasteiger partial charge in [0.25, 0.3) is 0 Å². The maximum Gasteiger partial charge on any atom is 0.311 e. The van der Waals surface area contributed by atoms with Crippen LogP contribution in [-0.2, 0) is 20.9 Å². The molecule has 0 bridgehead atoms. The molecule has 1 aromatic carbocycles. The smallest absolute Gasteiger partial charge is 0.311 e. The fourth-order valence-electron chi connectivity index (χ4n) is 4.22. The van der Waals surface area contributed by atoms with Gasteiger partial charge in [0.1, 0.15) is 0 Å². The number of carbonyl (C=O) groups excluding carboxylic acids is 3. The molecule has 2 aliphatic heterocycles. The molecule has 0 aliphatic carbocycles. The van der Waals surface area contributed by atoms with Crippen LogP contribution in [0.2, 0.25) is 0 Å². The Bertz CT molecular complexity index is 691. The highest BCUT2D eigenvalue weighted by Crippen LogP contribution is 2.39. The molecule has 0 saturated carbocycles. The van der Waals surface area contributed by atoms with Crippen LogP contribution in [0, 0.1) is 5.41 Å². The quantitative estimate of drug-likeness (QED) is 0.823. The van der Waals surface area contributed by atoms with Crippen molar-refractivity contribution in [3.63, 3.8) is 0 Å². The third-order valence-electron chi connectivity index (χ3n) is 5.64. The molecular formula is C21H29N3O3. The number of likely N-dealkylation sites (tertiary alicyclic amines) is 2. The van der Waals surface area contributed by atoms with Crippen LogP contribution in [0.15, 0.2) is 30.3 Å². The molecule has 0 radical (unpaired) electrons. The number of carbonyl (C=O) groups is 3. The van der Waals surface area contributed by atoms with Crippen LogP contribution in [-0.4, -0.2) is 53.7 Å². The molecule has 1 spiro atoms. The Labute approximate surface area is 160 Å². The van der Waals surface area contributed by atoms with E-state index in [9.17, 15) is 14.4 Å². The van der Waals surface area contributed by atoms with Crippen LogP contribution >= 0.6 is 0 Å². The van der Waals surface area contributed by atoms with E-state index in [1.165, 1.54) is 0 Å². The van der Waals surface area contributed by atoms with Crippen molar-refractivity contribution in [3.05, 3.63) is 35.9 Å². The van der Waals surface area contributed by atoms with Crippen molar-refractivity contribution < 1.29 is 14.4 Å². The van der Waals surface area contributed by atoms with Crippen molar-refractivity contribution in [3.8, 4) is 0 Å². The second-order valence-corrected chi connectivity index (χ2v) is 7.82. The predicted molar refractivity (Wildman–Crippen MR) is 103 cm³/mol. The SMILES string of the molecule is CCCNC(=O)C(=O)N1CCC[C@]2(CCC(=O)N(Cc3ccccc3)C2)C1. The summed E-state index contributed by atoms with van der Waals surface area (Å²) in [4.78, 5) is 40.6. The summed E-state index contributed by atoms with van der Waals surface area (Å²) in [6.07, 6.45) is 3.97. The normalized spacial score (nSPS) is 22.8. The van der Waals surface area contributed by atoms with Crippen LogP contribution < -0.4 is 5.32 Å². The number of amides is 3. The van der Waals surface area contributed by atoms with Crippen molar-refractivity contribution >= 4 is 17.7 Å². The summed E-state index contributed by atoms with van der Waals surface area (Å²) in [5.41, 5.74) is 1.02. The third-order valence-corrected chi connectivity index (χ3v) is 5.64. The number of hydrogen-bond donors (Lipinski definition) is 1. The number of nitrogens with zero attached hydrogens (tertiary/aromatic N) is 2. The molecule has 1 aromatic rings. The summed E-state index contributed by atoms with van der Waals surface area (Å²) in [6, 6.07) is 9.99. The first-order valence-electron chi connectivity index (χ1n) is 9.92. The summed E-state index contributed by atoms with van der Waals surface area (Å²) >= 11 is 0. The average molecular weight is 371 g/mol. The van der Waals surface area contributed by atoms with E-state index in [0.717, 1.165) is 31.2 Å². The number of piperidine rings is 2. The molecule has 2 fully saturated rings. The topological polar surface area (TPSA) is 69.7 Å². The summed E-state index contributed by atoms with van der Waals surface area (Å²) < 4.78 is 0. The monoisotopic (exact) mass is 371 g/mol. The second kappa shape index (κ2) is 8.55. The zero-order valence-corrected chi connectivity index (χ0v) is 16.1. The summed E-state index contributed by atoms with van der Waals surface area (Å²) in [5, 5.41) is 2.67. The molecule has 6 nitrogen and oxygen atoms in total. The molecule has 2 heterocycles. The highest BCUT2D eigenvalue weighted by Gasteiger charge is 2.43. The molecule has 1 N–H and O–H groups in total. The van der Waals surface area contributed by atoms with Crippen molar-refractivity contribution in [2.24, 2.45) is 5.41 Å². The van der Waals surface area contributed by atoms with Gasteiger partial charge >= 0.3 is 11.8 Å². The molecule has 1 atom stereocenters. The van der Waals surface area contributed by atoms with Crippen molar-refractivity contribution in [2.45, 2.75) is 45.6 Å². The van der Waals surface area contributed by atoms with Gasteiger partial charge in [-0.1, -0.05) is 37.3 Å². The van der Waals surface area contributed by atoms with Gasteiger partial charge in [0.05, 0.1) is 0 Å². The first kappa shape index (κ1) is 19.4. The van der Waals surface area contributed by atoms with Gasteiger partial charge in [-0.3, -0.25) is 14.4 Å². The Balaban J connectivity index is 1.66. The predicted octanol–water partition coefficient (Wildman–Crippen LogP) is 1.94. The molecule has 0 aromatic heterocycles. The summed E-state index contributed by atoms with van der Waals surface area (Å²) in [7, 11) is 0. The van der Waals surface area contributed by atoms with Gasteiger partial charge in [-0.05, 0) is 31.2 Å². The van der Waals surface area contributed by atoms with E-state index < -0.39 is 11.8 Å². The number of rotatable bonds is 4.